The van der Waals surface area contributed by atoms with Crippen LogP contribution in [0.1, 0.15) is 25.7 Å². The molecule has 0 bridgehead atoms. The summed E-state index contributed by atoms with van der Waals surface area (Å²) in [5.74, 6) is 0. The SMILES string of the molecule is O=C([S-])N1CCCCCC1.[Na+]. The van der Waals surface area contributed by atoms with Crippen LogP contribution in [-0.4, -0.2) is 23.2 Å². The summed E-state index contributed by atoms with van der Waals surface area (Å²) < 4.78 is 0. The molecule has 0 saturated carbocycles. The van der Waals surface area contributed by atoms with Crippen LogP contribution >= 0.6 is 0 Å². The molecule has 0 unspecified atom stereocenters. The molecular weight excluding hydrogens is 169 g/mol. The zero-order valence-electron chi connectivity index (χ0n) is 7.01. The molecule has 1 amide bonds. The van der Waals surface area contributed by atoms with Crippen LogP contribution in [0.15, 0.2) is 0 Å². The molecule has 0 aromatic rings. The zero-order valence-corrected chi connectivity index (χ0v) is 9.82. The quantitative estimate of drug-likeness (QED) is 0.336. The Morgan fingerprint density at radius 1 is 1.09 bits per heavy atom. The molecular formula is C7H12NNaOS. The van der Waals surface area contributed by atoms with Crippen molar-refractivity contribution in [2.75, 3.05) is 13.1 Å². The van der Waals surface area contributed by atoms with E-state index in [1.807, 2.05) is 0 Å². The Kier molecular flexibility index (Phi) is 6.62. The van der Waals surface area contributed by atoms with Gasteiger partial charge in [-0.25, -0.2) is 0 Å². The first-order chi connectivity index (χ1) is 4.80. The number of rotatable bonds is 0. The van der Waals surface area contributed by atoms with Crippen molar-refractivity contribution in [1.82, 2.24) is 4.90 Å². The molecule has 1 heterocycles. The van der Waals surface area contributed by atoms with Crippen molar-refractivity contribution in [2.24, 2.45) is 0 Å². The Morgan fingerprint density at radius 3 is 1.91 bits per heavy atom. The first-order valence-corrected chi connectivity index (χ1v) is 4.17. The van der Waals surface area contributed by atoms with E-state index in [1.165, 1.54) is 12.8 Å². The van der Waals surface area contributed by atoms with E-state index >= 15 is 0 Å². The Labute approximate surface area is 95.4 Å². The van der Waals surface area contributed by atoms with Crippen LogP contribution in [0.25, 0.3) is 0 Å². The number of nitrogens with zero attached hydrogens (tertiary/aromatic N) is 1. The number of hydrogen-bond donors (Lipinski definition) is 0. The second kappa shape index (κ2) is 6.23. The summed E-state index contributed by atoms with van der Waals surface area (Å²) in [7, 11) is 0. The average Bonchev–Trinajstić information content (AvgIpc) is 2.12. The van der Waals surface area contributed by atoms with Gasteiger partial charge in [0.1, 0.15) is 5.24 Å². The molecule has 0 aliphatic carbocycles. The Balaban J connectivity index is 0.000001000. The van der Waals surface area contributed by atoms with Crippen molar-refractivity contribution in [3.05, 3.63) is 0 Å². The van der Waals surface area contributed by atoms with Crippen LogP contribution in [0, 0.1) is 0 Å². The van der Waals surface area contributed by atoms with Gasteiger partial charge in [0.05, 0.1) is 0 Å². The summed E-state index contributed by atoms with van der Waals surface area (Å²) in [6.45, 7) is 1.75. The van der Waals surface area contributed by atoms with Crippen molar-refractivity contribution in [3.63, 3.8) is 0 Å². The molecule has 4 heteroatoms. The molecule has 1 saturated heterocycles. The van der Waals surface area contributed by atoms with E-state index in [-0.39, 0.29) is 34.8 Å². The van der Waals surface area contributed by atoms with Gasteiger partial charge in [-0.05, 0) is 12.8 Å². The fraction of sp³-hybridized carbons (Fsp3) is 0.857. The number of amides is 1. The fourth-order valence-corrected chi connectivity index (χ4v) is 1.44. The van der Waals surface area contributed by atoms with Gasteiger partial charge in [-0.3, -0.25) is 0 Å². The van der Waals surface area contributed by atoms with Gasteiger partial charge >= 0.3 is 29.6 Å². The molecule has 0 N–H and O–H groups in total. The molecule has 0 atom stereocenters. The molecule has 1 aliphatic rings. The van der Waals surface area contributed by atoms with Gasteiger partial charge in [-0.15, -0.1) is 0 Å². The Morgan fingerprint density at radius 2 is 1.55 bits per heavy atom. The van der Waals surface area contributed by atoms with Crippen molar-refractivity contribution in [3.8, 4) is 0 Å². The van der Waals surface area contributed by atoms with Crippen molar-refractivity contribution in [1.29, 1.82) is 0 Å². The molecule has 58 valence electrons. The first-order valence-electron chi connectivity index (χ1n) is 3.76. The van der Waals surface area contributed by atoms with Crippen LogP contribution in [0.4, 0.5) is 4.79 Å². The van der Waals surface area contributed by atoms with E-state index in [4.69, 9.17) is 0 Å². The van der Waals surface area contributed by atoms with Gasteiger partial charge in [0.15, 0.2) is 0 Å². The first kappa shape index (κ1) is 11.7. The minimum Gasteiger partial charge on any atom is -0.719 e. The predicted octanol–water partition coefficient (Wildman–Crippen LogP) is -1.47. The van der Waals surface area contributed by atoms with Crippen LogP contribution in [0.3, 0.4) is 0 Å². The molecule has 1 aliphatic heterocycles. The molecule has 0 aromatic heterocycles. The van der Waals surface area contributed by atoms with Crippen molar-refractivity contribution in [2.45, 2.75) is 25.7 Å². The van der Waals surface area contributed by atoms with Crippen LogP contribution in [0.5, 0.6) is 0 Å². The van der Waals surface area contributed by atoms with E-state index in [2.05, 4.69) is 12.6 Å². The smallest absolute Gasteiger partial charge is 0.719 e. The van der Waals surface area contributed by atoms with Crippen LogP contribution < -0.4 is 29.6 Å². The monoisotopic (exact) mass is 181 g/mol. The number of likely N-dealkylation sites (tertiary alicyclic amines) is 1. The van der Waals surface area contributed by atoms with Gasteiger partial charge in [-0.2, -0.15) is 0 Å². The number of carbonyl (C=O) groups is 1. The summed E-state index contributed by atoms with van der Waals surface area (Å²) in [6.07, 6.45) is 4.75. The fourth-order valence-electron chi connectivity index (χ4n) is 1.25. The maximum Gasteiger partial charge on any atom is 1.00 e. The summed E-state index contributed by atoms with van der Waals surface area (Å²) in [5, 5.41) is -0.179. The average molecular weight is 181 g/mol. The summed E-state index contributed by atoms with van der Waals surface area (Å²) in [5.41, 5.74) is 0. The molecule has 1 fully saturated rings. The summed E-state index contributed by atoms with van der Waals surface area (Å²) in [6, 6.07) is 0. The Bertz CT molecular complexity index is 124. The largest absolute Gasteiger partial charge is 1.00 e. The molecule has 0 radical (unpaired) electrons. The van der Waals surface area contributed by atoms with Crippen molar-refractivity contribution < 1.29 is 34.4 Å². The third-order valence-electron chi connectivity index (χ3n) is 1.86. The summed E-state index contributed by atoms with van der Waals surface area (Å²) in [4.78, 5) is 12.5. The van der Waals surface area contributed by atoms with Gasteiger partial charge in [0.2, 0.25) is 0 Å². The van der Waals surface area contributed by atoms with E-state index in [1.54, 1.807) is 4.90 Å². The van der Waals surface area contributed by atoms with Gasteiger partial charge in [0, 0.05) is 13.1 Å². The summed E-state index contributed by atoms with van der Waals surface area (Å²) >= 11 is 4.55. The van der Waals surface area contributed by atoms with E-state index in [0.29, 0.717) is 0 Å². The maximum absolute atomic E-state index is 10.7. The van der Waals surface area contributed by atoms with E-state index in [9.17, 15) is 4.79 Å². The molecule has 1 rings (SSSR count). The van der Waals surface area contributed by atoms with Gasteiger partial charge in [-0.1, -0.05) is 12.8 Å². The topological polar surface area (TPSA) is 20.3 Å². The van der Waals surface area contributed by atoms with Gasteiger partial charge in [0.25, 0.3) is 0 Å². The standard InChI is InChI=1S/C7H13NOS.Na/c9-7(10)8-5-3-1-2-4-6-8;/h1-6H2,(H,9,10);/q;+1/p-1. The zero-order chi connectivity index (χ0) is 7.40. The second-order valence-corrected chi connectivity index (χ2v) is 3.02. The van der Waals surface area contributed by atoms with E-state index < -0.39 is 0 Å². The minimum atomic E-state index is -0.179. The van der Waals surface area contributed by atoms with Crippen LogP contribution in [-0.2, 0) is 12.6 Å². The van der Waals surface area contributed by atoms with Crippen LogP contribution in [0.2, 0.25) is 0 Å². The number of carbonyl (C=O) groups excluding carboxylic acids is 1. The van der Waals surface area contributed by atoms with Gasteiger partial charge < -0.3 is 22.3 Å². The normalized spacial score (nSPS) is 18.4. The molecule has 0 spiro atoms. The van der Waals surface area contributed by atoms with E-state index in [0.717, 1.165) is 25.9 Å². The molecule has 11 heavy (non-hydrogen) atoms. The number of hydrogen-bond acceptors (Lipinski definition) is 2. The predicted molar refractivity (Wildman–Crippen MR) is 42.8 cm³/mol. The third-order valence-corrected chi connectivity index (χ3v) is 2.12. The second-order valence-electron chi connectivity index (χ2n) is 2.67. The molecule has 0 aromatic carbocycles. The maximum atomic E-state index is 10.7. The molecule has 2 nitrogen and oxygen atoms in total. The van der Waals surface area contributed by atoms with Crippen molar-refractivity contribution >= 4 is 17.9 Å². The third kappa shape index (κ3) is 4.31. The minimum absolute atomic E-state index is 0. The Hall–Kier alpha value is 0.690.